The van der Waals surface area contributed by atoms with Crippen LogP contribution in [-0.4, -0.2) is 49.6 Å². The van der Waals surface area contributed by atoms with Gasteiger partial charge in [0.2, 0.25) is 0 Å². The monoisotopic (exact) mass is 388 g/mol. The van der Waals surface area contributed by atoms with Crippen LogP contribution in [0.5, 0.6) is 11.5 Å². The van der Waals surface area contributed by atoms with E-state index in [-0.39, 0.29) is 22.9 Å². The van der Waals surface area contributed by atoms with Gasteiger partial charge in [0.1, 0.15) is 5.75 Å². The summed E-state index contributed by atoms with van der Waals surface area (Å²) >= 11 is 0. The van der Waals surface area contributed by atoms with Gasteiger partial charge < -0.3 is 19.1 Å². The minimum absolute atomic E-state index is 0.0836. The van der Waals surface area contributed by atoms with Crippen molar-refractivity contribution in [3.8, 4) is 11.5 Å². The normalized spacial score (nSPS) is 10.1. The van der Waals surface area contributed by atoms with Gasteiger partial charge in [-0.15, -0.1) is 0 Å². The van der Waals surface area contributed by atoms with Crippen molar-refractivity contribution in [2.24, 2.45) is 0 Å². The van der Waals surface area contributed by atoms with E-state index in [1.54, 1.807) is 26.3 Å². The number of esters is 1. The number of ether oxygens (including phenoxy) is 3. The average Bonchev–Trinajstić information content (AvgIpc) is 2.70. The number of nitrogens with zero attached hydrogens (tertiary/aromatic N) is 2. The molecule has 0 bridgehead atoms. The molecule has 0 saturated heterocycles. The maximum atomic E-state index is 12.3. The summed E-state index contributed by atoms with van der Waals surface area (Å²) in [5, 5.41) is 11.2. The van der Waals surface area contributed by atoms with Crippen molar-refractivity contribution in [3.05, 3.63) is 63.7 Å². The third-order valence-corrected chi connectivity index (χ3v) is 3.91. The smallest absolute Gasteiger partial charge is 0.337 e. The van der Waals surface area contributed by atoms with Gasteiger partial charge in [0.05, 0.1) is 24.7 Å². The molecule has 0 aliphatic carbocycles. The lowest BCUT2D eigenvalue weighted by Crippen LogP contribution is -2.31. The Morgan fingerprint density at radius 3 is 2.54 bits per heavy atom. The first-order valence-corrected chi connectivity index (χ1v) is 8.22. The Morgan fingerprint density at radius 2 is 1.89 bits per heavy atom. The van der Waals surface area contributed by atoms with Gasteiger partial charge in [-0.25, -0.2) is 4.79 Å². The van der Waals surface area contributed by atoms with Crippen molar-refractivity contribution >= 4 is 17.6 Å². The molecule has 0 unspecified atom stereocenters. The van der Waals surface area contributed by atoms with Gasteiger partial charge in [-0.3, -0.25) is 14.9 Å². The lowest BCUT2D eigenvalue weighted by Gasteiger charge is -2.18. The van der Waals surface area contributed by atoms with Crippen LogP contribution in [0, 0.1) is 10.1 Å². The number of likely N-dealkylation sites (N-methyl/N-ethyl adjacent to an activating group) is 1. The summed E-state index contributed by atoms with van der Waals surface area (Å²) < 4.78 is 15.1. The second-order valence-electron chi connectivity index (χ2n) is 5.82. The SMILES string of the molecule is COC(=O)c1ccc([N+](=O)[O-])c(OCC(=O)N(C)Cc2cccc(OC)c2)c1. The molecule has 0 saturated carbocycles. The Morgan fingerprint density at radius 1 is 1.14 bits per heavy atom. The second-order valence-corrected chi connectivity index (χ2v) is 5.82. The van der Waals surface area contributed by atoms with Crippen LogP contribution in [0.25, 0.3) is 0 Å². The summed E-state index contributed by atoms with van der Waals surface area (Å²) in [6.07, 6.45) is 0. The van der Waals surface area contributed by atoms with Crippen LogP contribution in [0.15, 0.2) is 42.5 Å². The van der Waals surface area contributed by atoms with Crippen molar-refractivity contribution in [1.82, 2.24) is 4.90 Å². The predicted molar refractivity (Wildman–Crippen MR) is 99.4 cm³/mol. The number of amides is 1. The zero-order chi connectivity index (χ0) is 20.7. The van der Waals surface area contributed by atoms with Crippen molar-refractivity contribution in [3.63, 3.8) is 0 Å². The molecule has 0 aliphatic rings. The molecule has 0 spiro atoms. The molecule has 0 fully saturated rings. The van der Waals surface area contributed by atoms with E-state index in [1.165, 1.54) is 24.1 Å². The first kappa shape index (κ1) is 20.7. The van der Waals surface area contributed by atoms with Gasteiger partial charge in [-0.2, -0.15) is 0 Å². The molecule has 2 aromatic rings. The lowest BCUT2D eigenvalue weighted by atomic mass is 10.2. The van der Waals surface area contributed by atoms with E-state index >= 15 is 0 Å². The van der Waals surface area contributed by atoms with E-state index < -0.39 is 17.5 Å². The average molecular weight is 388 g/mol. The molecule has 0 N–H and O–H groups in total. The summed E-state index contributed by atoms with van der Waals surface area (Å²) in [5.74, 6) is -0.567. The maximum Gasteiger partial charge on any atom is 0.337 e. The van der Waals surface area contributed by atoms with Crippen molar-refractivity contribution in [1.29, 1.82) is 0 Å². The summed E-state index contributed by atoms with van der Waals surface area (Å²) in [6, 6.07) is 10.8. The van der Waals surface area contributed by atoms with E-state index in [4.69, 9.17) is 9.47 Å². The van der Waals surface area contributed by atoms with Crippen LogP contribution in [0.3, 0.4) is 0 Å². The highest BCUT2D eigenvalue weighted by atomic mass is 16.6. The maximum absolute atomic E-state index is 12.3. The fraction of sp³-hybridized carbons (Fsp3) is 0.263. The minimum atomic E-state index is -0.666. The van der Waals surface area contributed by atoms with Crippen LogP contribution in [-0.2, 0) is 16.1 Å². The lowest BCUT2D eigenvalue weighted by molar-refractivity contribution is -0.385. The highest BCUT2D eigenvalue weighted by Gasteiger charge is 2.20. The van der Waals surface area contributed by atoms with E-state index in [0.717, 1.165) is 11.6 Å². The first-order valence-electron chi connectivity index (χ1n) is 8.22. The Hall–Kier alpha value is -3.62. The Bertz CT molecular complexity index is 882. The molecule has 28 heavy (non-hydrogen) atoms. The number of benzene rings is 2. The first-order chi connectivity index (χ1) is 13.3. The van der Waals surface area contributed by atoms with Gasteiger partial charge in [0, 0.05) is 25.7 Å². The Labute approximate surface area is 161 Å². The topological polar surface area (TPSA) is 108 Å². The Balaban J connectivity index is 2.08. The van der Waals surface area contributed by atoms with Gasteiger partial charge in [0.25, 0.3) is 5.91 Å². The number of carbonyl (C=O) groups is 2. The van der Waals surface area contributed by atoms with Gasteiger partial charge in [0.15, 0.2) is 12.4 Å². The predicted octanol–water partition coefficient (Wildman–Crippen LogP) is 2.43. The zero-order valence-corrected chi connectivity index (χ0v) is 15.7. The van der Waals surface area contributed by atoms with E-state index in [0.29, 0.717) is 12.3 Å². The largest absolute Gasteiger partial charge is 0.497 e. The highest BCUT2D eigenvalue weighted by molar-refractivity contribution is 5.90. The molecule has 9 nitrogen and oxygen atoms in total. The third-order valence-electron chi connectivity index (χ3n) is 3.91. The molecule has 2 aromatic carbocycles. The molecule has 0 aromatic heterocycles. The number of hydrogen-bond acceptors (Lipinski definition) is 7. The molecule has 0 aliphatic heterocycles. The summed E-state index contributed by atoms with van der Waals surface area (Å²) in [7, 11) is 4.34. The van der Waals surface area contributed by atoms with Crippen LogP contribution in [0.2, 0.25) is 0 Å². The molecule has 0 atom stereocenters. The van der Waals surface area contributed by atoms with Crippen LogP contribution in [0.1, 0.15) is 15.9 Å². The summed E-state index contributed by atoms with van der Waals surface area (Å²) in [5.41, 5.74) is 0.588. The standard InChI is InChI=1S/C19H20N2O7/c1-20(11-13-5-4-6-15(9-13)26-2)18(22)12-28-17-10-14(19(23)27-3)7-8-16(17)21(24)25/h4-10H,11-12H2,1-3H3. The molecule has 2 rings (SSSR count). The minimum Gasteiger partial charge on any atom is -0.497 e. The van der Waals surface area contributed by atoms with Crippen molar-refractivity contribution < 1.29 is 28.7 Å². The number of methoxy groups -OCH3 is 2. The quantitative estimate of drug-likeness (QED) is 0.388. The van der Waals surface area contributed by atoms with E-state index in [2.05, 4.69) is 4.74 Å². The fourth-order valence-corrected chi connectivity index (χ4v) is 2.41. The molecule has 0 heterocycles. The van der Waals surface area contributed by atoms with E-state index in [1.807, 2.05) is 12.1 Å². The summed E-state index contributed by atoms with van der Waals surface area (Å²) in [6.45, 7) is -0.115. The van der Waals surface area contributed by atoms with Gasteiger partial charge >= 0.3 is 11.7 Å². The van der Waals surface area contributed by atoms with Gasteiger partial charge in [-0.05, 0) is 23.8 Å². The van der Waals surface area contributed by atoms with Crippen LogP contribution >= 0.6 is 0 Å². The van der Waals surface area contributed by atoms with Crippen LogP contribution < -0.4 is 9.47 Å². The number of hydrogen-bond donors (Lipinski definition) is 0. The molecule has 1 amide bonds. The fourth-order valence-electron chi connectivity index (χ4n) is 2.41. The number of carbonyl (C=O) groups excluding carboxylic acids is 2. The van der Waals surface area contributed by atoms with Gasteiger partial charge in [-0.1, -0.05) is 12.1 Å². The molecular formula is C19H20N2O7. The Kier molecular flexibility index (Phi) is 6.91. The second kappa shape index (κ2) is 9.36. The molecule has 148 valence electrons. The number of rotatable bonds is 8. The van der Waals surface area contributed by atoms with Crippen molar-refractivity contribution in [2.45, 2.75) is 6.54 Å². The van der Waals surface area contributed by atoms with Crippen LogP contribution in [0.4, 0.5) is 5.69 Å². The molecule has 0 radical (unpaired) electrons. The summed E-state index contributed by atoms with van der Waals surface area (Å²) in [4.78, 5) is 35.9. The third kappa shape index (κ3) is 5.19. The zero-order valence-electron chi connectivity index (χ0n) is 15.7. The molecular weight excluding hydrogens is 368 g/mol. The van der Waals surface area contributed by atoms with Crippen molar-refractivity contribution in [2.75, 3.05) is 27.9 Å². The molecule has 9 heteroatoms. The van der Waals surface area contributed by atoms with E-state index in [9.17, 15) is 19.7 Å². The highest BCUT2D eigenvalue weighted by Crippen LogP contribution is 2.28. The number of nitro benzene ring substituents is 1. The number of nitro groups is 1.